The van der Waals surface area contributed by atoms with Gasteiger partial charge < -0.3 is 10.8 Å². The quantitative estimate of drug-likeness (QED) is 0.638. The zero-order valence-corrected chi connectivity index (χ0v) is 7.87. The Morgan fingerprint density at radius 1 is 1.58 bits per heavy atom. The molecule has 0 radical (unpaired) electrons. The summed E-state index contributed by atoms with van der Waals surface area (Å²) in [6, 6.07) is 0.349. The van der Waals surface area contributed by atoms with Crippen molar-refractivity contribution in [1.82, 2.24) is 4.90 Å². The summed E-state index contributed by atoms with van der Waals surface area (Å²) in [7, 11) is 0. The molecule has 0 saturated carbocycles. The second-order valence-corrected chi connectivity index (χ2v) is 3.63. The maximum Gasteiger partial charge on any atom is 0.0667 e. The average molecular weight is 172 g/mol. The molecular weight excluding hydrogens is 152 g/mol. The minimum atomic E-state index is -0.211. The van der Waals surface area contributed by atoms with Crippen LogP contribution in [0.15, 0.2) is 0 Å². The van der Waals surface area contributed by atoms with E-state index in [0.717, 1.165) is 19.5 Å². The summed E-state index contributed by atoms with van der Waals surface area (Å²) in [4.78, 5) is 2.31. The number of hydrogen-bond acceptors (Lipinski definition) is 3. The van der Waals surface area contributed by atoms with Crippen molar-refractivity contribution in [3.05, 3.63) is 0 Å². The van der Waals surface area contributed by atoms with Gasteiger partial charge in [-0.2, -0.15) is 0 Å². The Morgan fingerprint density at radius 3 is 2.92 bits per heavy atom. The van der Waals surface area contributed by atoms with E-state index in [4.69, 9.17) is 5.73 Å². The number of aliphatic hydroxyl groups excluding tert-OH is 1. The second kappa shape index (κ2) is 4.80. The molecule has 0 aromatic rings. The Morgan fingerprint density at radius 2 is 2.33 bits per heavy atom. The van der Waals surface area contributed by atoms with Gasteiger partial charge in [0.1, 0.15) is 0 Å². The average Bonchev–Trinajstić information content (AvgIpc) is 2.05. The second-order valence-electron chi connectivity index (χ2n) is 3.63. The van der Waals surface area contributed by atoms with Crippen molar-refractivity contribution in [2.45, 2.75) is 38.3 Å². The van der Waals surface area contributed by atoms with Crippen LogP contribution >= 0.6 is 0 Å². The predicted octanol–water partition coefficient (Wildman–Crippen LogP) is 0.180. The first-order valence-corrected chi connectivity index (χ1v) is 4.88. The van der Waals surface area contributed by atoms with Gasteiger partial charge in [0.2, 0.25) is 0 Å². The number of piperidine rings is 1. The van der Waals surface area contributed by atoms with Gasteiger partial charge in [0.15, 0.2) is 0 Å². The van der Waals surface area contributed by atoms with Crippen LogP contribution in [-0.4, -0.2) is 41.8 Å². The van der Waals surface area contributed by atoms with E-state index in [-0.39, 0.29) is 6.10 Å². The molecular formula is C9H20N2O. The molecule has 0 aromatic carbocycles. The van der Waals surface area contributed by atoms with Crippen molar-refractivity contribution in [2.75, 3.05) is 19.6 Å². The molecule has 1 fully saturated rings. The summed E-state index contributed by atoms with van der Waals surface area (Å²) in [6.07, 6.45) is 3.41. The first-order chi connectivity index (χ1) is 5.75. The lowest BCUT2D eigenvalue weighted by atomic mass is 9.98. The Hall–Kier alpha value is -0.120. The molecule has 1 saturated heterocycles. The molecule has 3 N–H and O–H groups in total. The molecule has 1 aliphatic heterocycles. The number of aliphatic hydroxyl groups is 1. The summed E-state index contributed by atoms with van der Waals surface area (Å²) in [5.74, 6) is 0. The normalized spacial score (nSPS) is 28.8. The molecule has 72 valence electrons. The van der Waals surface area contributed by atoms with Crippen molar-refractivity contribution in [2.24, 2.45) is 5.73 Å². The fourth-order valence-corrected chi connectivity index (χ4v) is 2.01. The highest BCUT2D eigenvalue weighted by molar-refractivity contribution is 4.80. The van der Waals surface area contributed by atoms with Crippen LogP contribution in [0.25, 0.3) is 0 Å². The highest BCUT2D eigenvalue weighted by Gasteiger charge is 2.24. The molecule has 0 aromatic heterocycles. The van der Waals surface area contributed by atoms with Gasteiger partial charge >= 0.3 is 0 Å². The van der Waals surface area contributed by atoms with E-state index in [2.05, 4.69) is 4.90 Å². The van der Waals surface area contributed by atoms with E-state index in [9.17, 15) is 5.11 Å². The topological polar surface area (TPSA) is 49.5 Å². The number of nitrogens with two attached hydrogens (primary N) is 1. The van der Waals surface area contributed by atoms with Crippen molar-refractivity contribution in [3.63, 3.8) is 0 Å². The zero-order valence-electron chi connectivity index (χ0n) is 7.87. The van der Waals surface area contributed by atoms with Crippen LogP contribution in [-0.2, 0) is 0 Å². The molecule has 3 nitrogen and oxygen atoms in total. The first-order valence-electron chi connectivity index (χ1n) is 4.88. The Kier molecular flexibility index (Phi) is 3.98. The van der Waals surface area contributed by atoms with Gasteiger partial charge in [-0.05, 0) is 26.3 Å². The fraction of sp³-hybridized carbons (Fsp3) is 1.00. The third-order valence-corrected chi connectivity index (χ3v) is 2.64. The van der Waals surface area contributed by atoms with Crippen LogP contribution in [0.3, 0.4) is 0 Å². The van der Waals surface area contributed by atoms with Gasteiger partial charge in [-0.15, -0.1) is 0 Å². The monoisotopic (exact) mass is 172 g/mol. The standard InChI is InChI=1S/C9H20N2O/c1-8(12)9-4-2-3-6-11(9)7-5-10/h8-9,12H,2-7,10H2,1H3/t8-,9+/m0/s1. The summed E-state index contributed by atoms with van der Waals surface area (Å²) >= 11 is 0. The molecule has 0 bridgehead atoms. The SMILES string of the molecule is C[C@H](O)[C@H]1CCCCN1CCN. The molecule has 2 atom stereocenters. The van der Waals surface area contributed by atoms with Crippen molar-refractivity contribution < 1.29 is 5.11 Å². The lowest BCUT2D eigenvalue weighted by molar-refractivity contribution is 0.0385. The maximum absolute atomic E-state index is 9.49. The highest BCUT2D eigenvalue weighted by Crippen LogP contribution is 2.18. The highest BCUT2D eigenvalue weighted by atomic mass is 16.3. The van der Waals surface area contributed by atoms with E-state index >= 15 is 0 Å². The van der Waals surface area contributed by atoms with Crippen molar-refractivity contribution in [3.8, 4) is 0 Å². The van der Waals surface area contributed by atoms with Crippen LogP contribution in [0.5, 0.6) is 0 Å². The largest absolute Gasteiger partial charge is 0.392 e. The smallest absolute Gasteiger partial charge is 0.0667 e. The third kappa shape index (κ3) is 2.44. The molecule has 0 amide bonds. The van der Waals surface area contributed by atoms with Crippen LogP contribution in [0.4, 0.5) is 0 Å². The van der Waals surface area contributed by atoms with E-state index in [0.29, 0.717) is 12.6 Å². The number of nitrogens with zero attached hydrogens (tertiary/aromatic N) is 1. The molecule has 12 heavy (non-hydrogen) atoms. The molecule has 0 spiro atoms. The van der Waals surface area contributed by atoms with E-state index in [1.54, 1.807) is 0 Å². The maximum atomic E-state index is 9.49. The van der Waals surface area contributed by atoms with Gasteiger partial charge in [-0.25, -0.2) is 0 Å². The zero-order chi connectivity index (χ0) is 8.97. The molecule has 1 rings (SSSR count). The summed E-state index contributed by atoms with van der Waals surface area (Å²) in [5, 5.41) is 9.49. The third-order valence-electron chi connectivity index (χ3n) is 2.64. The van der Waals surface area contributed by atoms with Crippen LogP contribution in [0.2, 0.25) is 0 Å². The predicted molar refractivity (Wildman–Crippen MR) is 49.9 cm³/mol. The van der Waals surface area contributed by atoms with Crippen LogP contribution < -0.4 is 5.73 Å². The Bertz CT molecular complexity index is 126. The van der Waals surface area contributed by atoms with Crippen LogP contribution in [0.1, 0.15) is 26.2 Å². The molecule has 1 heterocycles. The van der Waals surface area contributed by atoms with Gasteiger partial charge in [-0.1, -0.05) is 6.42 Å². The number of hydrogen-bond donors (Lipinski definition) is 2. The van der Waals surface area contributed by atoms with E-state index in [1.807, 2.05) is 6.92 Å². The lowest BCUT2D eigenvalue weighted by Gasteiger charge is -2.37. The number of likely N-dealkylation sites (tertiary alicyclic amines) is 1. The lowest BCUT2D eigenvalue weighted by Crippen LogP contribution is -2.47. The molecule has 1 aliphatic rings. The molecule has 0 unspecified atom stereocenters. The first kappa shape index (κ1) is 9.96. The Balaban J connectivity index is 2.42. The van der Waals surface area contributed by atoms with Crippen molar-refractivity contribution >= 4 is 0 Å². The summed E-state index contributed by atoms with van der Waals surface area (Å²) in [5.41, 5.74) is 5.50. The summed E-state index contributed by atoms with van der Waals surface area (Å²) < 4.78 is 0. The Labute approximate surface area is 74.5 Å². The van der Waals surface area contributed by atoms with Gasteiger partial charge in [0.25, 0.3) is 0 Å². The van der Waals surface area contributed by atoms with Gasteiger partial charge in [0, 0.05) is 19.1 Å². The minimum Gasteiger partial charge on any atom is -0.392 e. The van der Waals surface area contributed by atoms with Crippen molar-refractivity contribution in [1.29, 1.82) is 0 Å². The number of rotatable bonds is 3. The van der Waals surface area contributed by atoms with E-state index < -0.39 is 0 Å². The van der Waals surface area contributed by atoms with Gasteiger partial charge in [-0.3, -0.25) is 4.90 Å². The fourth-order valence-electron chi connectivity index (χ4n) is 2.01. The summed E-state index contributed by atoms with van der Waals surface area (Å²) in [6.45, 7) is 4.60. The van der Waals surface area contributed by atoms with Gasteiger partial charge in [0.05, 0.1) is 6.10 Å². The van der Waals surface area contributed by atoms with E-state index in [1.165, 1.54) is 12.8 Å². The van der Waals surface area contributed by atoms with Crippen LogP contribution in [0, 0.1) is 0 Å². The molecule has 3 heteroatoms. The molecule has 0 aliphatic carbocycles. The minimum absolute atomic E-state index is 0.211.